The summed E-state index contributed by atoms with van der Waals surface area (Å²) in [6, 6.07) is 4.43. The zero-order chi connectivity index (χ0) is 17.4. The Hall–Kier alpha value is -1.50. The minimum atomic E-state index is 0.0468. The van der Waals surface area contributed by atoms with E-state index in [-0.39, 0.29) is 11.6 Å². The van der Waals surface area contributed by atoms with Crippen LogP contribution in [0.2, 0.25) is 0 Å². The maximum absolute atomic E-state index is 12.7. The molecule has 2 atom stereocenters. The monoisotopic (exact) mass is 374 g/mol. The maximum Gasteiger partial charge on any atom is 0.260 e. The van der Waals surface area contributed by atoms with Crippen molar-refractivity contribution in [3.63, 3.8) is 0 Å². The SMILES string of the molecule is C[C@@H]1CCc2c(sc3nc([C@@H](C)[NH2+]CCc4cccs4)[nH]c(=O)c23)C1. The third-order valence-electron chi connectivity index (χ3n) is 5.11. The molecule has 1 aliphatic carbocycles. The van der Waals surface area contributed by atoms with Gasteiger partial charge in [-0.1, -0.05) is 13.0 Å². The van der Waals surface area contributed by atoms with Crippen LogP contribution in [0.15, 0.2) is 22.3 Å². The number of thiophene rings is 2. The molecule has 0 saturated heterocycles. The van der Waals surface area contributed by atoms with Gasteiger partial charge in [-0.2, -0.15) is 0 Å². The number of rotatable bonds is 5. The molecule has 0 aromatic carbocycles. The van der Waals surface area contributed by atoms with Crippen LogP contribution in [0.1, 0.15) is 47.5 Å². The number of nitrogens with zero attached hydrogens (tertiary/aromatic N) is 1. The molecule has 0 fully saturated rings. The number of aromatic amines is 1. The number of fused-ring (bicyclic) bond motifs is 3. The van der Waals surface area contributed by atoms with Gasteiger partial charge < -0.3 is 10.3 Å². The van der Waals surface area contributed by atoms with Crippen molar-refractivity contribution in [2.45, 2.75) is 45.6 Å². The van der Waals surface area contributed by atoms with Crippen LogP contribution in [0.25, 0.3) is 10.2 Å². The van der Waals surface area contributed by atoms with Crippen LogP contribution >= 0.6 is 22.7 Å². The number of quaternary nitrogens is 1. The Morgan fingerprint density at radius 3 is 3.16 bits per heavy atom. The van der Waals surface area contributed by atoms with Gasteiger partial charge in [-0.25, -0.2) is 4.98 Å². The van der Waals surface area contributed by atoms with Gasteiger partial charge in [0.2, 0.25) is 0 Å². The molecule has 0 saturated carbocycles. The Balaban J connectivity index is 1.55. The fourth-order valence-corrected chi connectivity index (χ4v) is 5.74. The zero-order valence-electron chi connectivity index (χ0n) is 14.7. The lowest BCUT2D eigenvalue weighted by Crippen LogP contribution is -2.85. The number of hydrogen-bond acceptors (Lipinski definition) is 4. The van der Waals surface area contributed by atoms with E-state index in [1.54, 1.807) is 22.7 Å². The van der Waals surface area contributed by atoms with Gasteiger partial charge in [0.1, 0.15) is 10.9 Å². The van der Waals surface area contributed by atoms with Crippen LogP contribution in [0.4, 0.5) is 0 Å². The Morgan fingerprint density at radius 2 is 2.36 bits per heavy atom. The molecule has 4 rings (SSSR count). The van der Waals surface area contributed by atoms with E-state index in [1.807, 2.05) is 0 Å². The van der Waals surface area contributed by atoms with Gasteiger partial charge in [0.05, 0.1) is 11.9 Å². The highest BCUT2D eigenvalue weighted by atomic mass is 32.1. The molecule has 0 spiro atoms. The highest BCUT2D eigenvalue weighted by Crippen LogP contribution is 2.35. The summed E-state index contributed by atoms with van der Waals surface area (Å²) >= 11 is 3.53. The highest BCUT2D eigenvalue weighted by Gasteiger charge is 2.24. The van der Waals surface area contributed by atoms with E-state index in [9.17, 15) is 4.79 Å². The van der Waals surface area contributed by atoms with Crippen LogP contribution in [-0.2, 0) is 19.3 Å². The molecule has 6 heteroatoms. The van der Waals surface area contributed by atoms with Crippen molar-refractivity contribution in [1.29, 1.82) is 0 Å². The van der Waals surface area contributed by atoms with E-state index >= 15 is 0 Å². The van der Waals surface area contributed by atoms with Crippen LogP contribution in [0.5, 0.6) is 0 Å². The third-order valence-corrected chi connectivity index (χ3v) is 7.19. The molecule has 3 N–H and O–H groups in total. The number of nitrogens with two attached hydrogens (primary N) is 1. The van der Waals surface area contributed by atoms with Crippen molar-refractivity contribution in [3.05, 3.63) is 49.0 Å². The van der Waals surface area contributed by atoms with Crippen molar-refractivity contribution in [2.24, 2.45) is 5.92 Å². The predicted octanol–water partition coefficient (Wildman–Crippen LogP) is 3.04. The van der Waals surface area contributed by atoms with Crippen molar-refractivity contribution >= 4 is 32.9 Å². The van der Waals surface area contributed by atoms with E-state index in [0.29, 0.717) is 5.92 Å². The highest BCUT2D eigenvalue weighted by molar-refractivity contribution is 7.18. The lowest BCUT2D eigenvalue weighted by Gasteiger charge is -2.17. The fraction of sp³-hybridized carbons (Fsp3) is 0.474. The minimum Gasteiger partial charge on any atom is -0.337 e. The molecule has 0 aliphatic heterocycles. The first-order valence-electron chi connectivity index (χ1n) is 9.02. The second-order valence-corrected chi connectivity index (χ2v) is 9.24. The molecule has 0 radical (unpaired) electrons. The molecule has 4 nitrogen and oxygen atoms in total. The van der Waals surface area contributed by atoms with Crippen molar-refractivity contribution < 1.29 is 5.32 Å². The number of aromatic nitrogens is 2. The van der Waals surface area contributed by atoms with E-state index in [1.165, 1.54) is 21.7 Å². The average Bonchev–Trinajstić information content (AvgIpc) is 3.21. The van der Waals surface area contributed by atoms with Gasteiger partial charge in [-0.3, -0.25) is 4.79 Å². The Labute approximate surface area is 155 Å². The molecular weight excluding hydrogens is 350 g/mol. The number of aryl methyl sites for hydroxylation is 1. The predicted molar refractivity (Wildman–Crippen MR) is 105 cm³/mol. The first kappa shape index (κ1) is 16.9. The Bertz CT molecular complexity index is 926. The molecular formula is C19H24N3OS2+. The molecule has 132 valence electrons. The van der Waals surface area contributed by atoms with Crippen molar-refractivity contribution in [2.75, 3.05) is 6.54 Å². The van der Waals surface area contributed by atoms with Crippen LogP contribution in [0.3, 0.4) is 0 Å². The fourth-order valence-electron chi connectivity index (χ4n) is 3.62. The van der Waals surface area contributed by atoms with E-state index < -0.39 is 0 Å². The molecule has 25 heavy (non-hydrogen) atoms. The van der Waals surface area contributed by atoms with Crippen molar-refractivity contribution in [3.8, 4) is 0 Å². The van der Waals surface area contributed by atoms with Gasteiger partial charge in [0.25, 0.3) is 5.56 Å². The standard InChI is InChI=1S/C19H23N3OS2/c1-11-5-6-14-15(10-11)25-19-16(14)18(23)21-17(22-19)12(2)20-8-7-13-4-3-9-24-13/h3-4,9,11-12,20H,5-8,10H2,1-2H3,(H,21,22,23)/p+1/t11-,12-/m1/s1. The summed E-state index contributed by atoms with van der Waals surface area (Å²) in [6.07, 6.45) is 4.34. The summed E-state index contributed by atoms with van der Waals surface area (Å²) < 4.78 is 0. The smallest absolute Gasteiger partial charge is 0.260 e. The lowest BCUT2D eigenvalue weighted by atomic mass is 9.89. The van der Waals surface area contributed by atoms with Gasteiger partial charge >= 0.3 is 0 Å². The lowest BCUT2D eigenvalue weighted by molar-refractivity contribution is -0.693. The number of nitrogens with one attached hydrogen (secondary N) is 1. The summed E-state index contributed by atoms with van der Waals surface area (Å²) in [5.74, 6) is 1.51. The summed E-state index contributed by atoms with van der Waals surface area (Å²) in [5.41, 5.74) is 1.30. The summed E-state index contributed by atoms with van der Waals surface area (Å²) in [4.78, 5) is 24.3. The maximum atomic E-state index is 12.7. The molecule has 0 amide bonds. The number of H-pyrrole nitrogens is 1. The van der Waals surface area contributed by atoms with Gasteiger partial charge in [0, 0.05) is 16.2 Å². The third kappa shape index (κ3) is 3.43. The first-order valence-corrected chi connectivity index (χ1v) is 10.7. The quantitative estimate of drug-likeness (QED) is 0.721. The van der Waals surface area contributed by atoms with Gasteiger partial charge in [-0.15, -0.1) is 22.7 Å². The largest absolute Gasteiger partial charge is 0.337 e. The van der Waals surface area contributed by atoms with Crippen LogP contribution < -0.4 is 10.9 Å². The zero-order valence-corrected chi connectivity index (χ0v) is 16.3. The van der Waals surface area contributed by atoms with Crippen LogP contribution in [-0.4, -0.2) is 16.5 Å². The molecule has 1 aliphatic rings. The topological polar surface area (TPSA) is 62.4 Å². The summed E-state index contributed by atoms with van der Waals surface area (Å²) in [5, 5.41) is 5.23. The molecule has 3 aromatic heterocycles. The molecule has 0 unspecified atom stereocenters. The molecule has 3 heterocycles. The first-order chi connectivity index (χ1) is 12.1. The van der Waals surface area contributed by atoms with Gasteiger partial charge in [-0.05, 0) is 49.1 Å². The Morgan fingerprint density at radius 1 is 1.48 bits per heavy atom. The summed E-state index contributed by atoms with van der Waals surface area (Å²) in [7, 11) is 0. The second kappa shape index (κ2) is 7.02. The average molecular weight is 375 g/mol. The normalized spacial score (nSPS) is 18.4. The minimum absolute atomic E-state index is 0.0468. The molecule has 3 aromatic rings. The van der Waals surface area contributed by atoms with Crippen molar-refractivity contribution in [1.82, 2.24) is 9.97 Å². The number of hydrogen-bond donors (Lipinski definition) is 2. The van der Waals surface area contributed by atoms with Crippen LogP contribution in [0, 0.1) is 5.92 Å². The second-order valence-electron chi connectivity index (χ2n) is 7.13. The summed E-state index contributed by atoms with van der Waals surface area (Å²) in [6.45, 7) is 5.41. The van der Waals surface area contributed by atoms with E-state index in [0.717, 1.165) is 41.8 Å². The molecule has 0 bridgehead atoms. The Kier molecular flexibility index (Phi) is 4.75. The van der Waals surface area contributed by atoms with Gasteiger partial charge in [0.15, 0.2) is 5.82 Å². The van der Waals surface area contributed by atoms with E-state index in [4.69, 9.17) is 4.98 Å². The van der Waals surface area contributed by atoms with E-state index in [2.05, 4.69) is 41.7 Å².